The van der Waals surface area contributed by atoms with E-state index in [1.54, 1.807) is 7.11 Å². The number of ether oxygens (including phenoxy) is 2. The second-order valence-corrected chi connectivity index (χ2v) is 3.91. The van der Waals surface area contributed by atoms with Crippen LogP contribution in [0.25, 0.3) is 0 Å². The second kappa shape index (κ2) is 7.71. The summed E-state index contributed by atoms with van der Waals surface area (Å²) in [7, 11) is 1.64. The molecule has 1 rings (SSSR count). The monoisotopic (exact) mass is 251 g/mol. The number of esters is 1. The first-order valence-corrected chi connectivity index (χ1v) is 6.24. The molecule has 0 spiro atoms. The van der Waals surface area contributed by atoms with Gasteiger partial charge in [0.25, 0.3) is 0 Å². The van der Waals surface area contributed by atoms with Crippen molar-refractivity contribution >= 4 is 5.97 Å². The lowest BCUT2D eigenvalue weighted by Crippen LogP contribution is -2.37. The van der Waals surface area contributed by atoms with E-state index >= 15 is 0 Å². The highest BCUT2D eigenvalue weighted by molar-refractivity contribution is 5.75. The van der Waals surface area contributed by atoms with E-state index in [1.807, 2.05) is 38.1 Å². The van der Waals surface area contributed by atoms with Gasteiger partial charge < -0.3 is 14.8 Å². The molecular weight excluding hydrogens is 230 g/mol. The summed E-state index contributed by atoms with van der Waals surface area (Å²) in [6.07, 6.45) is 0.702. The third kappa shape index (κ3) is 4.04. The van der Waals surface area contributed by atoms with Crippen LogP contribution < -0.4 is 10.1 Å². The number of hydrogen-bond donors (Lipinski definition) is 1. The van der Waals surface area contributed by atoms with Gasteiger partial charge in [-0.1, -0.05) is 25.1 Å². The summed E-state index contributed by atoms with van der Waals surface area (Å²) in [5, 5.41) is 3.19. The molecule has 1 unspecified atom stereocenters. The van der Waals surface area contributed by atoms with Gasteiger partial charge in [-0.05, 0) is 19.4 Å². The molecule has 4 nitrogen and oxygen atoms in total. The fourth-order valence-corrected chi connectivity index (χ4v) is 1.72. The lowest BCUT2D eigenvalue weighted by atomic mass is 10.1. The maximum atomic E-state index is 11.6. The summed E-state index contributed by atoms with van der Waals surface area (Å²) in [6, 6.07) is 7.48. The van der Waals surface area contributed by atoms with Gasteiger partial charge in [0.1, 0.15) is 11.8 Å². The zero-order chi connectivity index (χ0) is 13.4. The van der Waals surface area contributed by atoms with Crippen molar-refractivity contribution in [2.75, 3.05) is 13.7 Å². The van der Waals surface area contributed by atoms with Crippen molar-refractivity contribution in [1.82, 2.24) is 5.32 Å². The number of methoxy groups -OCH3 is 1. The van der Waals surface area contributed by atoms with Crippen molar-refractivity contribution in [2.45, 2.75) is 32.9 Å². The summed E-state index contributed by atoms with van der Waals surface area (Å²) in [6.45, 7) is 4.76. The number of benzene rings is 1. The van der Waals surface area contributed by atoms with Gasteiger partial charge in [0, 0.05) is 12.1 Å². The van der Waals surface area contributed by atoms with Crippen molar-refractivity contribution in [1.29, 1.82) is 0 Å². The number of carbonyl (C=O) groups excluding carboxylic acids is 1. The Bertz CT molecular complexity index is 379. The Labute approximate surface area is 108 Å². The SMILES string of the molecule is CCOC(=O)C(CC)NCc1ccccc1OC. The Balaban J connectivity index is 2.59. The largest absolute Gasteiger partial charge is 0.496 e. The Hall–Kier alpha value is -1.55. The third-order valence-corrected chi connectivity index (χ3v) is 2.71. The smallest absolute Gasteiger partial charge is 0.323 e. The van der Waals surface area contributed by atoms with E-state index in [2.05, 4.69) is 5.32 Å². The first-order valence-electron chi connectivity index (χ1n) is 6.24. The minimum atomic E-state index is -0.269. The maximum Gasteiger partial charge on any atom is 0.323 e. The summed E-state index contributed by atoms with van der Waals surface area (Å²) in [5.74, 6) is 0.624. The molecule has 1 atom stereocenters. The molecule has 1 aromatic rings. The van der Waals surface area contributed by atoms with Gasteiger partial charge in [0.2, 0.25) is 0 Å². The molecule has 0 fully saturated rings. The third-order valence-electron chi connectivity index (χ3n) is 2.71. The van der Waals surface area contributed by atoms with Gasteiger partial charge in [-0.15, -0.1) is 0 Å². The highest BCUT2D eigenvalue weighted by Gasteiger charge is 2.17. The van der Waals surface area contributed by atoms with Gasteiger partial charge >= 0.3 is 5.97 Å². The number of hydrogen-bond acceptors (Lipinski definition) is 4. The van der Waals surface area contributed by atoms with Crippen molar-refractivity contribution in [3.8, 4) is 5.75 Å². The Kier molecular flexibility index (Phi) is 6.22. The zero-order valence-corrected chi connectivity index (χ0v) is 11.2. The number of nitrogens with one attached hydrogen (secondary N) is 1. The lowest BCUT2D eigenvalue weighted by molar-refractivity contribution is -0.145. The van der Waals surface area contributed by atoms with Crippen LogP contribution in [0.15, 0.2) is 24.3 Å². The van der Waals surface area contributed by atoms with Crippen LogP contribution >= 0.6 is 0 Å². The van der Waals surface area contributed by atoms with Crippen LogP contribution in [0.5, 0.6) is 5.75 Å². The molecule has 0 bridgehead atoms. The summed E-state index contributed by atoms with van der Waals surface area (Å²) >= 11 is 0. The molecule has 0 radical (unpaired) electrons. The van der Waals surface area contributed by atoms with Crippen LogP contribution in [0.2, 0.25) is 0 Å². The van der Waals surface area contributed by atoms with E-state index in [-0.39, 0.29) is 12.0 Å². The van der Waals surface area contributed by atoms with E-state index in [4.69, 9.17) is 9.47 Å². The molecule has 1 aromatic carbocycles. The predicted octanol–water partition coefficient (Wildman–Crippen LogP) is 2.13. The Morgan fingerprint density at radius 2 is 2.06 bits per heavy atom. The topological polar surface area (TPSA) is 47.6 Å². The van der Waals surface area contributed by atoms with Crippen molar-refractivity contribution in [2.24, 2.45) is 0 Å². The lowest BCUT2D eigenvalue weighted by Gasteiger charge is -2.16. The first kappa shape index (κ1) is 14.5. The molecule has 0 aliphatic rings. The fourth-order valence-electron chi connectivity index (χ4n) is 1.72. The van der Waals surface area contributed by atoms with E-state index < -0.39 is 0 Å². The van der Waals surface area contributed by atoms with E-state index in [1.165, 1.54) is 0 Å². The van der Waals surface area contributed by atoms with Gasteiger partial charge in [-0.3, -0.25) is 4.79 Å². The zero-order valence-electron chi connectivity index (χ0n) is 11.2. The van der Waals surface area contributed by atoms with Crippen LogP contribution in [-0.4, -0.2) is 25.7 Å². The van der Waals surface area contributed by atoms with E-state index in [0.717, 1.165) is 11.3 Å². The number of rotatable bonds is 7. The average molecular weight is 251 g/mol. The van der Waals surface area contributed by atoms with Crippen molar-refractivity contribution < 1.29 is 14.3 Å². The molecule has 0 saturated carbocycles. The van der Waals surface area contributed by atoms with Crippen LogP contribution in [0.1, 0.15) is 25.8 Å². The Morgan fingerprint density at radius 3 is 2.67 bits per heavy atom. The minimum absolute atomic E-state index is 0.199. The van der Waals surface area contributed by atoms with Crippen LogP contribution in [-0.2, 0) is 16.1 Å². The molecule has 4 heteroatoms. The van der Waals surface area contributed by atoms with E-state index in [0.29, 0.717) is 19.6 Å². The highest BCUT2D eigenvalue weighted by atomic mass is 16.5. The highest BCUT2D eigenvalue weighted by Crippen LogP contribution is 2.17. The second-order valence-electron chi connectivity index (χ2n) is 3.91. The first-order chi connectivity index (χ1) is 8.72. The minimum Gasteiger partial charge on any atom is -0.496 e. The van der Waals surface area contributed by atoms with Crippen molar-refractivity contribution in [3.63, 3.8) is 0 Å². The molecule has 1 N–H and O–H groups in total. The molecule has 0 aliphatic carbocycles. The van der Waals surface area contributed by atoms with Gasteiger partial charge in [0.05, 0.1) is 13.7 Å². The quantitative estimate of drug-likeness (QED) is 0.754. The van der Waals surface area contributed by atoms with Gasteiger partial charge in [-0.2, -0.15) is 0 Å². The van der Waals surface area contributed by atoms with Gasteiger partial charge in [-0.25, -0.2) is 0 Å². The predicted molar refractivity (Wildman–Crippen MR) is 70.5 cm³/mol. The summed E-state index contributed by atoms with van der Waals surface area (Å²) < 4.78 is 10.3. The average Bonchev–Trinajstić information content (AvgIpc) is 2.40. The molecule has 0 saturated heterocycles. The maximum absolute atomic E-state index is 11.6. The summed E-state index contributed by atoms with van der Waals surface area (Å²) in [5.41, 5.74) is 1.03. The number of para-hydroxylation sites is 1. The molecular formula is C14H21NO3. The van der Waals surface area contributed by atoms with Crippen molar-refractivity contribution in [3.05, 3.63) is 29.8 Å². The van der Waals surface area contributed by atoms with Crippen LogP contribution in [0.3, 0.4) is 0 Å². The molecule has 100 valence electrons. The molecule has 0 aliphatic heterocycles. The normalized spacial score (nSPS) is 11.9. The molecule has 0 aromatic heterocycles. The van der Waals surface area contributed by atoms with E-state index in [9.17, 15) is 4.79 Å². The Morgan fingerprint density at radius 1 is 1.33 bits per heavy atom. The number of carbonyl (C=O) groups is 1. The molecule has 18 heavy (non-hydrogen) atoms. The molecule has 0 amide bonds. The standard InChI is InChI=1S/C14H21NO3/c1-4-12(14(16)18-5-2)15-10-11-8-6-7-9-13(11)17-3/h6-9,12,15H,4-5,10H2,1-3H3. The van der Waals surface area contributed by atoms with Crippen LogP contribution in [0, 0.1) is 0 Å². The molecule has 0 heterocycles. The van der Waals surface area contributed by atoms with Crippen LogP contribution in [0.4, 0.5) is 0 Å². The summed E-state index contributed by atoms with van der Waals surface area (Å²) in [4.78, 5) is 11.6. The fraction of sp³-hybridized carbons (Fsp3) is 0.500. The van der Waals surface area contributed by atoms with Gasteiger partial charge in [0.15, 0.2) is 0 Å².